The van der Waals surface area contributed by atoms with Crippen LogP contribution in [0.5, 0.6) is 0 Å². The van der Waals surface area contributed by atoms with E-state index in [-0.39, 0.29) is 18.3 Å². The first-order chi connectivity index (χ1) is 9.10. The quantitative estimate of drug-likeness (QED) is 0.811. The number of furan rings is 1. The zero-order valence-corrected chi connectivity index (χ0v) is 10.5. The second-order valence-corrected chi connectivity index (χ2v) is 4.46. The predicted molar refractivity (Wildman–Crippen MR) is 67.8 cm³/mol. The fraction of sp³-hybridized carbons (Fsp3) is 0.385. The number of carboxylic acid groups (broad SMARTS) is 1. The van der Waals surface area contributed by atoms with Gasteiger partial charge in [0.25, 0.3) is 0 Å². The van der Waals surface area contributed by atoms with E-state index in [1.165, 1.54) is 6.07 Å². The molecule has 0 radical (unpaired) electrons. The Morgan fingerprint density at radius 2 is 2.37 bits per heavy atom. The van der Waals surface area contributed by atoms with Crippen LogP contribution in [-0.2, 0) is 6.54 Å². The van der Waals surface area contributed by atoms with Crippen LogP contribution in [0.15, 0.2) is 29.2 Å². The van der Waals surface area contributed by atoms with E-state index < -0.39 is 5.97 Å². The fourth-order valence-corrected chi connectivity index (χ4v) is 2.03. The van der Waals surface area contributed by atoms with Crippen molar-refractivity contribution in [1.82, 2.24) is 10.2 Å². The Labute approximate surface area is 110 Å². The van der Waals surface area contributed by atoms with E-state index >= 15 is 0 Å². The van der Waals surface area contributed by atoms with Gasteiger partial charge < -0.3 is 19.7 Å². The number of hydrogen-bond acceptors (Lipinski definition) is 3. The van der Waals surface area contributed by atoms with Crippen LogP contribution in [0.25, 0.3) is 0 Å². The van der Waals surface area contributed by atoms with E-state index in [1.807, 2.05) is 6.08 Å². The molecule has 6 heteroatoms. The standard InChI is InChI=1S/C13H16N2O4/c1-2-9-5-6-15(8-9)13(18)14-7-10-3-4-11(19-10)12(16)17/h2-4,9H,1,5-8H2,(H,14,18)(H,16,17)/t9-/m0/s1. The SMILES string of the molecule is C=C[C@H]1CCN(C(=O)NCc2ccc(C(=O)O)o2)C1. The van der Waals surface area contributed by atoms with Crippen LogP contribution in [0.1, 0.15) is 22.7 Å². The van der Waals surface area contributed by atoms with Crippen molar-refractivity contribution in [3.8, 4) is 0 Å². The lowest BCUT2D eigenvalue weighted by molar-refractivity contribution is 0.0660. The lowest BCUT2D eigenvalue weighted by Gasteiger charge is -2.16. The molecule has 1 aliphatic heterocycles. The van der Waals surface area contributed by atoms with E-state index in [4.69, 9.17) is 9.52 Å². The van der Waals surface area contributed by atoms with Crippen LogP contribution in [-0.4, -0.2) is 35.1 Å². The highest BCUT2D eigenvalue weighted by atomic mass is 16.4. The summed E-state index contributed by atoms with van der Waals surface area (Å²) in [4.78, 5) is 24.2. The number of amides is 2. The summed E-state index contributed by atoms with van der Waals surface area (Å²) in [6, 6.07) is 2.74. The number of carbonyl (C=O) groups excluding carboxylic acids is 1. The molecule has 0 unspecified atom stereocenters. The van der Waals surface area contributed by atoms with E-state index in [1.54, 1.807) is 11.0 Å². The molecule has 0 bridgehead atoms. The molecule has 1 saturated heterocycles. The molecular weight excluding hydrogens is 248 g/mol. The molecule has 1 aromatic rings. The van der Waals surface area contributed by atoms with Crippen molar-refractivity contribution in [2.45, 2.75) is 13.0 Å². The first-order valence-electron chi connectivity index (χ1n) is 6.07. The van der Waals surface area contributed by atoms with Crippen molar-refractivity contribution in [1.29, 1.82) is 0 Å². The highest BCUT2D eigenvalue weighted by Gasteiger charge is 2.24. The predicted octanol–water partition coefficient (Wildman–Crippen LogP) is 1.70. The minimum Gasteiger partial charge on any atom is -0.475 e. The molecule has 0 aliphatic carbocycles. The molecule has 2 rings (SSSR count). The molecule has 2 amide bonds. The van der Waals surface area contributed by atoms with E-state index in [2.05, 4.69) is 11.9 Å². The van der Waals surface area contributed by atoms with Crippen LogP contribution in [0.2, 0.25) is 0 Å². The third kappa shape index (κ3) is 3.15. The Hall–Kier alpha value is -2.24. The van der Waals surface area contributed by atoms with Crippen molar-refractivity contribution in [3.63, 3.8) is 0 Å². The second-order valence-electron chi connectivity index (χ2n) is 4.46. The summed E-state index contributed by atoms with van der Waals surface area (Å²) in [5, 5.41) is 11.4. The summed E-state index contributed by atoms with van der Waals surface area (Å²) in [6.45, 7) is 5.29. The fourth-order valence-electron chi connectivity index (χ4n) is 2.03. The van der Waals surface area contributed by atoms with Gasteiger partial charge in [-0.1, -0.05) is 6.08 Å². The van der Waals surface area contributed by atoms with E-state index in [9.17, 15) is 9.59 Å². The lowest BCUT2D eigenvalue weighted by atomic mass is 10.1. The zero-order chi connectivity index (χ0) is 13.8. The van der Waals surface area contributed by atoms with Gasteiger partial charge in [0.2, 0.25) is 5.76 Å². The molecule has 0 saturated carbocycles. The van der Waals surface area contributed by atoms with Gasteiger partial charge in [-0.2, -0.15) is 0 Å². The molecule has 19 heavy (non-hydrogen) atoms. The summed E-state index contributed by atoms with van der Waals surface area (Å²) in [5.74, 6) is -0.471. The molecule has 2 N–H and O–H groups in total. The number of nitrogens with one attached hydrogen (secondary N) is 1. The third-order valence-electron chi connectivity index (χ3n) is 3.13. The minimum atomic E-state index is -1.12. The normalized spacial score (nSPS) is 18.3. The average Bonchev–Trinajstić information content (AvgIpc) is 3.04. The Morgan fingerprint density at radius 3 is 2.95 bits per heavy atom. The molecule has 1 fully saturated rings. The van der Waals surface area contributed by atoms with Crippen molar-refractivity contribution in [3.05, 3.63) is 36.3 Å². The average molecular weight is 264 g/mol. The first kappa shape index (κ1) is 13.2. The molecule has 0 spiro atoms. The maximum Gasteiger partial charge on any atom is 0.371 e. The Morgan fingerprint density at radius 1 is 1.58 bits per heavy atom. The Balaban J connectivity index is 1.83. The summed E-state index contributed by atoms with van der Waals surface area (Å²) < 4.78 is 5.05. The van der Waals surface area contributed by atoms with Crippen LogP contribution in [0.3, 0.4) is 0 Å². The van der Waals surface area contributed by atoms with Crippen LogP contribution in [0, 0.1) is 5.92 Å². The van der Waals surface area contributed by atoms with Crippen molar-refractivity contribution < 1.29 is 19.1 Å². The smallest absolute Gasteiger partial charge is 0.371 e. The van der Waals surface area contributed by atoms with Gasteiger partial charge in [-0.25, -0.2) is 9.59 Å². The summed E-state index contributed by atoms with van der Waals surface area (Å²) in [6.07, 6.45) is 2.79. The summed E-state index contributed by atoms with van der Waals surface area (Å²) >= 11 is 0. The minimum absolute atomic E-state index is 0.128. The van der Waals surface area contributed by atoms with Crippen molar-refractivity contribution in [2.24, 2.45) is 5.92 Å². The molecule has 1 aromatic heterocycles. The topological polar surface area (TPSA) is 82.8 Å². The van der Waals surface area contributed by atoms with Gasteiger partial charge in [-0.3, -0.25) is 0 Å². The third-order valence-corrected chi connectivity index (χ3v) is 3.13. The number of urea groups is 1. The number of likely N-dealkylation sites (tertiary alicyclic amines) is 1. The number of aromatic carboxylic acids is 1. The van der Waals surface area contributed by atoms with E-state index in [0.29, 0.717) is 24.8 Å². The first-order valence-corrected chi connectivity index (χ1v) is 6.07. The lowest BCUT2D eigenvalue weighted by Crippen LogP contribution is -2.37. The van der Waals surface area contributed by atoms with Gasteiger partial charge >= 0.3 is 12.0 Å². The maximum atomic E-state index is 11.8. The van der Waals surface area contributed by atoms with Gasteiger partial charge in [0.05, 0.1) is 6.54 Å². The molecular formula is C13H16N2O4. The summed E-state index contributed by atoms with van der Waals surface area (Å²) in [7, 11) is 0. The Bertz CT molecular complexity index is 495. The molecule has 1 atom stereocenters. The number of rotatable bonds is 4. The zero-order valence-electron chi connectivity index (χ0n) is 10.5. The Kier molecular flexibility index (Phi) is 3.89. The van der Waals surface area contributed by atoms with Gasteiger partial charge in [-0.15, -0.1) is 6.58 Å². The number of carbonyl (C=O) groups is 2. The summed E-state index contributed by atoms with van der Waals surface area (Å²) in [5.41, 5.74) is 0. The molecule has 6 nitrogen and oxygen atoms in total. The molecule has 102 valence electrons. The van der Waals surface area contributed by atoms with Crippen molar-refractivity contribution >= 4 is 12.0 Å². The number of carboxylic acids is 1. The van der Waals surface area contributed by atoms with Crippen LogP contribution >= 0.6 is 0 Å². The highest BCUT2D eigenvalue weighted by Crippen LogP contribution is 2.16. The van der Waals surface area contributed by atoms with Crippen LogP contribution in [0.4, 0.5) is 4.79 Å². The largest absolute Gasteiger partial charge is 0.475 e. The highest BCUT2D eigenvalue weighted by molar-refractivity contribution is 5.84. The van der Waals surface area contributed by atoms with Crippen LogP contribution < -0.4 is 5.32 Å². The van der Waals surface area contributed by atoms with Gasteiger partial charge in [0.1, 0.15) is 5.76 Å². The second kappa shape index (κ2) is 5.60. The van der Waals surface area contributed by atoms with Gasteiger partial charge in [-0.05, 0) is 24.5 Å². The van der Waals surface area contributed by atoms with Gasteiger partial charge in [0.15, 0.2) is 0 Å². The number of hydrogen-bond donors (Lipinski definition) is 2. The molecule has 1 aliphatic rings. The van der Waals surface area contributed by atoms with Gasteiger partial charge in [0, 0.05) is 13.1 Å². The molecule has 2 heterocycles. The monoisotopic (exact) mass is 264 g/mol. The maximum absolute atomic E-state index is 11.8. The van der Waals surface area contributed by atoms with E-state index in [0.717, 1.165) is 6.42 Å². The van der Waals surface area contributed by atoms with Crippen molar-refractivity contribution in [2.75, 3.05) is 13.1 Å². The number of nitrogens with zero attached hydrogens (tertiary/aromatic N) is 1. The molecule has 0 aromatic carbocycles.